The quantitative estimate of drug-likeness (QED) is 0.421. The van der Waals surface area contributed by atoms with Gasteiger partial charge in [-0.05, 0) is 38.1 Å². The average Bonchev–Trinajstić information content (AvgIpc) is 3.57. The summed E-state index contributed by atoms with van der Waals surface area (Å²) < 4.78 is 44.9. The normalized spacial score (nSPS) is 46.2. The van der Waals surface area contributed by atoms with Crippen LogP contribution in [0.5, 0.6) is 23.0 Å². The molecule has 0 amide bonds. The SMILES string of the molecule is CC12OC(C)(C3C(=O)OC(=O)C31)C13Oc4ccccc4OC21C1OC3C2=C1Oc1ccccc1O2. The van der Waals surface area contributed by atoms with Crippen LogP contribution >= 0.6 is 0 Å². The molecule has 8 atom stereocenters. The van der Waals surface area contributed by atoms with E-state index < -0.39 is 58.4 Å². The van der Waals surface area contributed by atoms with Gasteiger partial charge in [0, 0.05) is 0 Å². The van der Waals surface area contributed by atoms with E-state index in [2.05, 4.69) is 0 Å². The molecule has 9 rings (SSSR count). The Morgan fingerprint density at radius 3 is 1.51 bits per heavy atom. The molecule has 9 heteroatoms. The summed E-state index contributed by atoms with van der Waals surface area (Å²) in [5, 5.41) is 0. The fourth-order valence-electron chi connectivity index (χ4n) is 7.98. The molecule has 7 aliphatic rings. The Bertz CT molecular complexity index is 1360. The van der Waals surface area contributed by atoms with Gasteiger partial charge in [0.1, 0.15) is 23.0 Å². The van der Waals surface area contributed by atoms with Gasteiger partial charge in [0.2, 0.25) is 11.2 Å². The first-order valence-corrected chi connectivity index (χ1v) is 11.6. The Labute approximate surface area is 198 Å². The first-order chi connectivity index (χ1) is 16.9. The molecule has 4 saturated heterocycles. The number of esters is 2. The molecule has 4 fully saturated rings. The van der Waals surface area contributed by atoms with Crippen molar-refractivity contribution in [3.8, 4) is 23.0 Å². The van der Waals surface area contributed by atoms with Crippen molar-refractivity contribution < 1.29 is 42.7 Å². The second kappa shape index (κ2) is 5.17. The minimum absolute atomic E-state index is 0.461. The lowest BCUT2D eigenvalue weighted by Crippen LogP contribution is -2.83. The van der Waals surface area contributed by atoms with E-state index in [0.29, 0.717) is 34.5 Å². The predicted molar refractivity (Wildman–Crippen MR) is 113 cm³/mol. The second-order valence-electron chi connectivity index (χ2n) is 10.4. The van der Waals surface area contributed by atoms with Crippen molar-refractivity contribution >= 4 is 11.9 Å². The van der Waals surface area contributed by atoms with Crippen LogP contribution < -0.4 is 18.9 Å². The fourth-order valence-corrected chi connectivity index (χ4v) is 7.98. The molecular weight excluding hydrogens is 456 g/mol. The van der Waals surface area contributed by atoms with Gasteiger partial charge in [-0.1, -0.05) is 24.3 Å². The zero-order valence-corrected chi connectivity index (χ0v) is 18.6. The molecule has 7 heterocycles. The molecule has 0 aliphatic carbocycles. The second-order valence-corrected chi connectivity index (χ2v) is 10.4. The molecule has 0 N–H and O–H groups in total. The number of fused-ring (bicyclic) bond motifs is 11. The highest BCUT2D eigenvalue weighted by molar-refractivity contribution is 6.00. The van der Waals surface area contributed by atoms with Crippen molar-refractivity contribution in [2.24, 2.45) is 11.8 Å². The number of rotatable bonds is 0. The van der Waals surface area contributed by atoms with Crippen molar-refractivity contribution in [2.75, 3.05) is 0 Å². The minimum Gasteiger partial charge on any atom is -0.473 e. The molecule has 2 aromatic carbocycles. The van der Waals surface area contributed by atoms with Gasteiger partial charge in [-0.2, -0.15) is 0 Å². The molecule has 0 spiro atoms. The number of hydrogen-bond donors (Lipinski definition) is 0. The monoisotopic (exact) mass is 474 g/mol. The van der Waals surface area contributed by atoms with E-state index in [4.69, 9.17) is 33.2 Å². The molecule has 2 aromatic rings. The number of cyclic esters (lactones) is 2. The maximum Gasteiger partial charge on any atom is 0.320 e. The number of hydrogen-bond acceptors (Lipinski definition) is 9. The van der Waals surface area contributed by atoms with Crippen LogP contribution in [-0.2, 0) is 23.8 Å². The summed E-state index contributed by atoms with van der Waals surface area (Å²) in [6.07, 6.45) is -1.64. The van der Waals surface area contributed by atoms with Crippen molar-refractivity contribution in [3.05, 3.63) is 60.0 Å². The Balaban J connectivity index is 1.35. The topological polar surface area (TPSA) is 98.8 Å². The van der Waals surface area contributed by atoms with Gasteiger partial charge in [-0.25, -0.2) is 0 Å². The van der Waals surface area contributed by atoms with E-state index in [9.17, 15) is 9.59 Å². The largest absolute Gasteiger partial charge is 0.473 e. The third kappa shape index (κ3) is 1.56. The molecule has 0 saturated carbocycles. The third-order valence-electron chi connectivity index (χ3n) is 9.09. The number of carbonyl (C=O) groups is 2. The van der Waals surface area contributed by atoms with Gasteiger partial charge in [-0.15, -0.1) is 0 Å². The van der Waals surface area contributed by atoms with Crippen molar-refractivity contribution in [1.82, 2.24) is 0 Å². The van der Waals surface area contributed by atoms with Crippen LogP contribution in [0.15, 0.2) is 60.0 Å². The fraction of sp³-hybridized carbons (Fsp3) is 0.385. The van der Waals surface area contributed by atoms with E-state index in [1.807, 2.05) is 36.4 Å². The standard InChI is InChI=1S/C26H18O9/c1-23-15-16(22(28)32-21(15)27)24(2,35-23)26-20-18-17(29-11-7-3-4-8-12(11)30-18)19(31-20)25(23,26)33-13-9-5-6-10-14(13)34-26/h3-10,15-16,19-20H,1-2H3. The van der Waals surface area contributed by atoms with Gasteiger partial charge >= 0.3 is 11.9 Å². The average molecular weight is 474 g/mol. The molecule has 0 radical (unpaired) electrons. The lowest BCUT2D eigenvalue weighted by Gasteiger charge is -2.58. The summed E-state index contributed by atoms with van der Waals surface area (Å²) in [6, 6.07) is 14.6. The number of carbonyl (C=O) groups excluding carboxylic acids is 2. The van der Waals surface area contributed by atoms with E-state index >= 15 is 0 Å². The van der Waals surface area contributed by atoms with E-state index in [1.165, 1.54) is 0 Å². The molecule has 9 nitrogen and oxygen atoms in total. The lowest BCUT2D eigenvalue weighted by molar-refractivity contribution is -0.197. The van der Waals surface area contributed by atoms with Crippen LogP contribution in [0.1, 0.15) is 13.8 Å². The van der Waals surface area contributed by atoms with Gasteiger partial charge in [0.25, 0.3) is 0 Å². The number of benzene rings is 2. The summed E-state index contributed by atoms with van der Waals surface area (Å²) in [4.78, 5) is 26.1. The van der Waals surface area contributed by atoms with Gasteiger partial charge in [0.05, 0.1) is 0 Å². The van der Waals surface area contributed by atoms with Crippen molar-refractivity contribution in [2.45, 2.75) is 48.5 Å². The summed E-state index contributed by atoms with van der Waals surface area (Å²) in [5.41, 5.74) is -5.34. The number of ether oxygens (including phenoxy) is 7. The van der Waals surface area contributed by atoms with Gasteiger partial charge in [-0.3, -0.25) is 9.59 Å². The van der Waals surface area contributed by atoms with E-state index in [-0.39, 0.29) is 0 Å². The predicted octanol–water partition coefficient (Wildman–Crippen LogP) is 2.28. The lowest BCUT2D eigenvalue weighted by atomic mass is 9.49. The third-order valence-corrected chi connectivity index (χ3v) is 9.09. The maximum atomic E-state index is 13.0. The summed E-state index contributed by atoms with van der Waals surface area (Å²) in [7, 11) is 0. The van der Waals surface area contributed by atoms with Gasteiger partial charge in [0.15, 0.2) is 46.7 Å². The summed E-state index contributed by atoms with van der Waals surface area (Å²) in [6.45, 7) is 3.58. The molecular formula is C26H18O9. The first kappa shape index (κ1) is 18.7. The van der Waals surface area contributed by atoms with E-state index in [0.717, 1.165) is 0 Å². The van der Waals surface area contributed by atoms with Crippen molar-refractivity contribution in [3.63, 3.8) is 0 Å². The molecule has 35 heavy (non-hydrogen) atoms. The number of para-hydroxylation sites is 4. The minimum atomic E-state index is -1.35. The Morgan fingerprint density at radius 1 is 0.629 bits per heavy atom. The Hall–Kier alpha value is -3.56. The van der Waals surface area contributed by atoms with Crippen LogP contribution in [0.2, 0.25) is 0 Å². The Kier molecular flexibility index (Phi) is 2.77. The van der Waals surface area contributed by atoms with E-state index in [1.54, 1.807) is 26.0 Å². The van der Waals surface area contributed by atoms with Crippen molar-refractivity contribution in [1.29, 1.82) is 0 Å². The molecule has 4 bridgehead atoms. The maximum absolute atomic E-state index is 13.0. The van der Waals surface area contributed by atoms with Crippen LogP contribution in [0, 0.1) is 11.8 Å². The summed E-state index contributed by atoms with van der Waals surface area (Å²) in [5.74, 6) is -0.00525. The van der Waals surface area contributed by atoms with Crippen LogP contribution in [-0.4, -0.2) is 46.6 Å². The molecule has 176 valence electrons. The Morgan fingerprint density at radius 2 is 1.06 bits per heavy atom. The van der Waals surface area contributed by atoms with Crippen LogP contribution in [0.25, 0.3) is 0 Å². The zero-order valence-electron chi connectivity index (χ0n) is 18.6. The highest BCUT2D eigenvalue weighted by atomic mass is 16.7. The zero-order chi connectivity index (χ0) is 23.5. The highest BCUT2D eigenvalue weighted by Crippen LogP contribution is 2.78. The molecule has 7 aliphatic heterocycles. The smallest absolute Gasteiger partial charge is 0.320 e. The molecule has 8 unspecified atom stereocenters. The molecule has 0 aromatic heterocycles. The van der Waals surface area contributed by atoms with Crippen LogP contribution in [0.3, 0.4) is 0 Å². The highest BCUT2D eigenvalue weighted by Gasteiger charge is 3.01. The van der Waals surface area contributed by atoms with Gasteiger partial charge < -0.3 is 33.2 Å². The van der Waals surface area contributed by atoms with Crippen LogP contribution in [0.4, 0.5) is 0 Å². The summed E-state index contributed by atoms with van der Waals surface area (Å²) >= 11 is 0. The first-order valence-electron chi connectivity index (χ1n) is 11.6.